The Balaban J connectivity index is 2.49. The number of carbonyl (C=O) groups is 1. The molecule has 0 radical (unpaired) electrons. The van der Waals surface area contributed by atoms with Crippen LogP contribution in [0.5, 0.6) is 0 Å². The van der Waals surface area contributed by atoms with Gasteiger partial charge in [-0.05, 0) is 6.92 Å². The lowest BCUT2D eigenvalue weighted by Gasteiger charge is -2.21. The van der Waals surface area contributed by atoms with Crippen molar-refractivity contribution in [2.75, 3.05) is 7.05 Å². The number of hydroxylamine groups is 1. The number of benzene rings is 1. The molecule has 0 fully saturated rings. The van der Waals surface area contributed by atoms with Crippen molar-refractivity contribution in [3.05, 3.63) is 35.9 Å². The van der Waals surface area contributed by atoms with Crippen LogP contribution in [0.2, 0.25) is 0 Å². The Hall–Kier alpha value is -1.72. The molecule has 1 aliphatic rings. The van der Waals surface area contributed by atoms with Crippen LogP contribution in [0.1, 0.15) is 12.5 Å². The van der Waals surface area contributed by atoms with E-state index in [0.29, 0.717) is 5.71 Å². The number of amides is 1. The Morgan fingerprint density at radius 3 is 2.56 bits per heavy atom. The number of hydrazone groups is 1. The normalized spacial score (nSPS) is 24.8. The third kappa shape index (κ3) is 1.41. The first-order chi connectivity index (χ1) is 7.59. The van der Waals surface area contributed by atoms with E-state index in [1.807, 2.05) is 35.8 Å². The zero-order chi connectivity index (χ0) is 11.8. The molecule has 0 aromatic heterocycles. The van der Waals surface area contributed by atoms with Crippen LogP contribution < -0.4 is 5.48 Å². The van der Waals surface area contributed by atoms with E-state index in [2.05, 4.69) is 5.10 Å². The van der Waals surface area contributed by atoms with Crippen LogP contribution in [0.3, 0.4) is 0 Å². The first kappa shape index (κ1) is 10.8. The second-order valence-electron chi connectivity index (χ2n) is 3.88. The SMILES string of the molecule is CN1N=C(c2ccccc2)[C@@](C)(NO)C1=O. The topological polar surface area (TPSA) is 64.9 Å². The molecule has 0 unspecified atom stereocenters. The smallest absolute Gasteiger partial charge is 0.270 e. The molecular formula is C11H13N3O2. The van der Waals surface area contributed by atoms with Gasteiger partial charge in [-0.3, -0.25) is 4.79 Å². The summed E-state index contributed by atoms with van der Waals surface area (Å²) in [4.78, 5) is 11.8. The Labute approximate surface area is 93.3 Å². The summed E-state index contributed by atoms with van der Waals surface area (Å²) < 4.78 is 0. The van der Waals surface area contributed by atoms with Crippen molar-refractivity contribution >= 4 is 11.6 Å². The average molecular weight is 219 g/mol. The van der Waals surface area contributed by atoms with Crippen LogP contribution in [0.15, 0.2) is 35.4 Å². The van der Waals surface area contributed by atoms with Gasteiger partial charge in [0.15, 0.2) is 5.54 Å². The van der Waals surface area contributed by atoms with Gasteiger partial charge in [-0.15, -0.1) is 0 Å². The van der Waals surface area contributed by atoms with Crippen LogP contribution in [-0.2, 0) is 4.79 Å². The van der Waals surface area contributed by atoms with Gasteiger partial charge in [-0.2, -0.15) is 10.6 Å². The standard InChI is InChI=1S/C11H13N3O2/c1-11(13-16)9(12-14(2)10(11)15)8-6-4-3-5-7-8/h3-7,13,16H,1-2H3/t11-/m1/s1. The van der Waals surface area contributed by atoms with Gasteiger partial charge >= 0.3 is 0 Å². The first-order valence-corrected chi connectivity index (χ1v) is 4.93. The van der Waals surface area contributed by atoms with Crippen LogP contribution in [0.4, 0.5) is 0 Å². The van der Waals surface area contributed by atoms with Crippen molar-refractivity contribution in [3.8, 4) is 0 Å². The molecule has 1 heterocycles. The quantitative estimate of drug-likeness (QED) is 0.716. The largest absolute Gasteiger partial charge is 0.315 e. The maximum absolute atomic E-state index is 11.8. The predicted octanol–water partition coefficient (Wildman–Crippen LogP) is 0.600. The molecule has 0 saturated carbocycles. The van der Waals surface area contributed by atoms with Gasteiger partial charge in [0, 0.05) is 12.6 Å². The zero-order valence-electron chi connectivity index (χ0n) is 9.14. The number of nitrogens with one attached hydrogen (secondary N) is 1. The predicted molar refractivity (Wildman–Crippen MR) is 59.1 cm³/mol. The van der Waals surface area contributed by atoms with E-state index >= 15 is 0 Å². The molecule has 1 atom stereocenters. The molecule has 84 valence electrons. The molecule has 0 bridgehead atoms. The summed E-state index contributed by atoms with van der Waals surface area (Å²) in [6.45, 7) is 1.60. The number of carbonyl (C=O) groups excluding carboxylic acids is 1. The number of likely N-dealkylation sites (N-methyl/N-ethyl adjacent to an activating group) is 1. The molecule has 0 saturated heterocycles. The van der Waals surface area contributed by atoms with Crippen molar-refractivity contribution in [1.29, 1.82) is 0 Å². The van der Waals surface area contributed by atoms with Crippen LogP contribution in [0.25, 0.3) is 0 Å². The fraction of sp³-hybridized carbons (Fsp3) is 0.273. The lowest BCUT2D eigenvalue weighted by Crippen LogP contribution is -2.53. The summed E-state index contributed by atoms with van der Waals surface area (Å²) in [6, 6.07) is 9.30. The van der Waals surface area contributed by atoms with Crippen LogP contribution >= 0.6 is 0 Å². The lowest BCUT2D eigenvalue weighted by atomic mass is 9.91. The van der Waals surface area contributed by atoms with Gasteiger partial charge in [0.1, 0.15) is 0 Å². The Kier molecular flexibility index (Phi) is 2.49. The Morgan fingerprint density at radius 2 is 2.00 bits per heavy atom. The second kappa shape index (κ2) is 3.70. The molecule has 5 nitrogen and oxygen atoms in total. The zero-order valence-corrected chi connectivity index (χ0v) is 9.14. The monoisotopic (exact) mass is 219 g/mol. The van der Waals surface area contributed by atoms with Gasteiger partial charge < -0.3 is 5.21 Å². The highest BCUT2D eigenvalue weighted by Gasteiger charge is 2.46. The minimum Gasteiger partial charge on any atom is -0.315 e. The maximum atomic E-state index is 11.8. The van der Waals surface area contributed by atoms with E-state index in [9.17, 15) is 4.79 Å². The molecular weight excluding hydrogens is 206 g/mol. The molecule has 16 heavy (non-hydrogen) atoms. The lowest BCUT2D eigenvalue weighted by molar-refractivity contribution is -0.134. The van der Waals surface area contributed by atoms with Gasteiger partial charge in [0.25, 0.3) is 5.91 Å². The molecule has 0 aliphatic carbocycles. The minimum atomic E-state index is -1.17. The highest BCUT2D eigenvalue weighted by atomic mass is 16.5. The summed E-state index contributed by atoms with van der Waals surface area (Å²) >= 11 is 0. The molecule has 1 aliphatic heterocycles. The van der Waals surface area contributed by atoms with Gasteiger partial charge in [-0.25, -0.2) is 5.01 Å². The molecule has 0 spiro atoms. The van der Waals surface area contributed by atoms with E-state index in [1.54, 1.807) is 14.0 Å². The maximum Gasteiger partial charge on any atom is 0.270 e. The molecule has 2 rings (SSSR count). The third-order valence-corrected chi connectivity index (χ3v) is 2.72. The van der Waals surface area contributed by atoms with Crippen molar-refractivity contribution in [1.82, 2.24) is 10.5 Å². The van der Waals surface area contributed by atoms with E-state index in [0.717, 1.165) is 5.56 Å². The molecule has 1 aromatic rings. The van der Waals surface area contributed by atoms with Crippen molar-refractivity contribution in [3.63, 3.8) is 0 Å². The van der Waals surface area contributed by atoms with E-state index in [1.165, 1.54) is 5.01 Å². The van der Waals surface area contributed by atoms with Crippen molar-refractivity contribution in [2.24, 2.45) is 5.10 Å². The number of rotatable bonds is 2. The van der Waals surface area contributed by atoms with Gasteiger partial charge in [-0.1, -0.05) is 30.3 Å². The number of hydrogen-bond donors (Lipinski definition) is 2. The van der Waals surface area contributed by atoms with Gasteiger partial charge in [0.2, 0.25) is 0 Å². The van der Waals surface area contributed by atoms with E-state index in [-0.39, 0.29) is 5.91 Å². The summed E-state index contributed by atoms with van der Waals surface area (Å²) in [5.41, 5.74) is 2.20. The number of nitrogens with zero attached hydrogens (tertiary/aromatic N) is 2. The first-order valence-electron chi connectivity index (χ1n) is 4.93. The van der Waals surface area contributed by atoms with Crippen molar-refractivity contribution in [2.45, 2.75) is 12.5 Å². The summed E-state index contributed by atoms with van der Waals surface area (Å²) in [5.74, 6) is -0.283. The fourth-order valence-corrected chi connectivity index (χ4v) is 1.76. The van der Waals surface area contributed by atoms with Crippen LogP contribution in [0, 0.1) is 0 Å². The summed E-state index contributed by atoms with van der Waals surface area (Å²) in [7, 11) is 1.56. The van der Waals surface area contributed by atoms with Crippen molar-refractivity contribution < 1.29 is 10.0 Å². The molecule has 1 amide bonds. The number of hydrogen-bond acceptors (Lipinski definition) is 4. The molecule has 2 N–H and O–H groups in total. The van der Waals surface area contributed by atoms with Crippen LogP contribution in [-0.4, -0.2) is 34.4 Å². The average Bonchev–Trinajstić information content (AvgIpc) is 2.56. The Bertz CT molecular complexity index is 444. The molecule has 5 heteroatoms. The van der Waals surface area contributed by atoms with Gasteiger partial charge in [0.05, 0.1) is 5.71 Å². The highest BCUT2D eigenvalue weighted by Crippen LogP contribution is 2.23. The summed E-state index contributed by atoms with van der Waals surface area (Å²) in [5, 5.41) is 14.5. The Morgan fingerprint density at radius 1 is 1.38 bits per heavy atom. The minimum absolute atomic E-state index is 0.283. The van der Waals surface area contributed by atoms with E-state index in [4.69, 9.17) is 5.21 Å². The fourth-order valence-electron chi connectivity index (χ4n) is 1.76. The second-order valence-corrected chi connectivity index (χ2v) is 3.88. The highest BCUT2D eigenvalue weighted by molar-refractivity contribution is 6.22. The van der Waals surface area contributed by atoms with E-state index < -0.39 is 5.54 Å². The summed E-state index contributed by atoms with van der Waals surface area (Å²) in [6.07, 6.45) is 0. The molecule has 1 aromatic carbocycles. The third-order valence-electron chi connectivity index (χ3n) is 2.72.